The maximum absolute atomic E-state index is 12.3. The Morgan fingerprint density at radius 1 is 1.41 bits per heavy atom. The lowest BCUT2D eigenvalue weighted by Crippen LogP contribution is -2.39. The molecule has 1 saturated carbocycles. The summed E-state index contributed by atoms with van der Waals surface area (Å²) in [4.78, 5) is 14.1. The number of hydrogen-bond acceptors (Lipinski definition) is 3. The zero-order valence-electron chi connectivity index (χ0n) is 13.4. The Labute approximate surface area is 137 Å². The van der Waals surface area contributed by atoms with Gasteiger partial charge in [0, 0.05) is 17.6 Å². The van der Waals surface area contributed by atoms with E-state index in [1.54, 1.807) is 6.07 Å². The Morgan fingerprint density at radius 3 is 2.64 bits per heavy atom. The van der Waals surface area contributed by atoms with E-state index in [0.29, 0.717) is 17.6 Å². The van der Waals surface area contributed by atoms with Gasteiger partial charge < -0.3 is 14.7 Å². The molecule has 1 fully saturated rings. The van der Waals surface area contributed by atoms with Crippen molar-refractivity contribution in [2.24, 2.45) is 0 Å². The molecule has 4 nitrogen and oxygen atoms in total. The van der Waals surface area contributed by atoms with Gasteiger partial charge in [-0.1, -0.05) is 23.7 Å². The number of carbonyl (C=O) groups excluding carboxylic acids is 1. The summed E-state index contributed by atoms with van der Waals surface area (Å²) < 4.78 is 5.48. The quantitative estimate of drug-likeness (QED) is 0.896. The summed E-state index contributed by atoms with van der Waals surface area (Å²) in [5.74, 6) is 0. The number of hydrogen-bond donors (Lipinski definition) is 1. The topological polar surface area (TPSA) is 49.8 Å². The number of aliphatic hydroxyl groups is 1. The summed E-state index contributed by atoms with van der Waals surface area (Å²) in [5.41, 5.74) is 1.30. The first-order chi connectivity index (χ1) is 10.3. The molecule has 0 atom stereocenters. The van der Waals surface area contributed by atoms with Gasteiger partial charge in [0.15, 0.2) is 0 Å². The van der Waals surface area contributed by atoms with Crippen LogP contribution in [0.2, 0.25) is 5.02 Å². The van der Waals surface area contributed by atoms with Gasteiger partial charge in [-0.15, -0.1) is 0 Å². The molecule has 0 heterocycles. The molecule has 0 radical (unpaired) electrons. The van der Waals surface area contributed by atoms with E-state index >= 15 is 0 Å². The van der Waals surface area contributed by atoms with Crippen molar-refractivity contribution >= 4 is 17.7 Å². The molecule has 0 spiro atoms. The Kier molecular flexibility index (Phi) is 5.35. The van der Waals surface area contributed by atoms with Gasteiger partial charge in [0.1, 0.15) is 5.60 Å². The van der Waals surface area contributed by atoms with Crippen molar-refractivity contribution in [1.29, 1.82) is 0 Å². The van der Waals surface area contributed by atoms with Crippen molar-refractivity contribution in [3.05, 3.63) is 34.3 Å². The number of nitrogens with zero attached hydrogens (tertiary/aromatic N) is 1. The Bertz CT molecular complexity index is 535. The third-order valence-electron chi connectivity index (χ3n) is 3.54. The van der Waals surface area contributed by atoms with E-state index < -0.39 is 5.60 Å². The summed E-state index contributed by atoms with van der Waals surface area (Å²) in [6, 6.07) is 5.92. The molecule has 5 heteroatoms. The van der Waals surface area contributed by atoms with Crippen LogP contribution < -0.4 is 0 Å². The number of halogens is 1. The van der Waals surface area contributed by atoms with Crippen molar-refractivity contribution in [3.8, 4) is 0 Å². The van der Waals surface area contributed by atoms with Crippen LogP contribution in [0.3, 0.4) is 0 Å². The molecular formula is C17H24ClNO3. The summed E-state index contributed by atoms with van der Waals surface area (Å²) >= 11 is 6.00. The highest BCUT2D eigenvalue weighted by Crippen LogP contribution is 2.29. The van der Waals surface area contributed by atoms with E-state index in [1.165, 1.54) is 0 Å². The summed E-state index contributed by atoms with van der Waals surface area (Å²) in [5, 5.41) is 9.83. The molecule has 1 aromatic carbocycles. The van der Waals surface area contributed by atoms with Gasteiger partial charge in [-0.2, -0.15) is 0 Å². The predicted octanol–water partition coefficient (Wildman–Crippen LogP) is 3.77. The number of ether oxygens (including phenoxy) is 1. The van der Waals surface area contributed by atoms with Crippen LogP contribution in [0.4, 0.5) is 4.79 Å². The predicted molar refractivity (Wildman–Crippen MR) is 87.0 cm³/mol. The van der Waals surface area contributed by atoms with Gasteiger partial charge in [0.2, 0.25) is 0 Å². The first-order valence-electron chi connectivity index (χ1n) is 7.68. The van der Waals surface area contributed by atoms with Crippen LogP contribution in [0, 0.1) is 0 Å². The molecule has 1 aliphatic rings. The first-order valence-corrected chi connectivity index (χ1v) is 8.06. The highest BCUT2D eigenvalue weighted by atomic mass is 35.5. The Hall–Kier alpha value is -1.26. The van der Waals surface area contributed by atoms with Gasteiger partial charge in [-0.05, 0) is 57.2 Å². The van der Waals surface area contributed by atoms with E-state index in [-0.39, 0.29) is 12.7 Å². The lowest BCUT2D eigenvalue weighted by Gasteiger charge is -2.27. The molecule has 1 N–H and O–H groups in total. The molecule has 122 valence electrons. The van der Waals surface area contributed by atoms with Gasteiger partial charge in [-0.3, -0.25) is 0 Å². The van der Waals surface area contributed by atoms with Gasteiger partial charge in [-0.25, -0.2) is 4.79 Å². The summed E-state index contributed by atoms with van der Waals surface area (Å²) in [6.07, 6.45) is 2.56. The summed E-state index contributed by atoms with van der Waals surface area (Å²) in [6.45, 7) is 6.17. The molecule has 1 aliphatic carbocycles. The van der Waals surface area contributed by atoms with Crippen molar-refractivity contribution < 1.29 is 14.6 Å². The standard InChI is InChI=1S/C17H24ClNO3/c1-17(2,3)22-16(21)19(14-5-6-14)9-8-12-4-7-15(18)13(10-12)11-20/h4,7,10,14,20H,5-6,8-9,11H2,1-3H3. The molecule has 1 aromatic rings. The van der Waals surface area contributed by atoms with Crippen LogP contribution in [0.25, 0.3) is 0 Å². The maximum Gasteiger partial charge on any atom is 0.410 e. The van der Waals surface area contributed by atoms with Crippen LogP contribution >= 0.6 is 11.6 Å². The molecule has 0 aliphatic heterocycles. The van der Waals surface area contributed by atoms with Crippen LogP contribution in [-0.4, -0.2) is 34.3 Å². The van der Waals surface area contributed by atoms with E-state index in [2.05, 4.69) is 0 Å². The molecule has 0 aromatic heterocycles. The summed E-state index contributed by atoms with van der Waals surface area (Å²) in [7, 11) is 0. The highest BCUT2D eigenvalue weighted by Gasteiger charge is 2.34. The number of amides is 1. The van der Waals surface area contributed by atoms with E-state index in [9.17, 15) is 9.90 Å². The zero-order chi connectivity index (χ0) is 16.3. The zero-order valence-corrected chi connectivity index (χ0v) is 14.2. The smallest absolute Gasteiger partial charge is 0.410 e. The fourth-order valence-corrected chi connectivity index (χ4v) is 2.46. The van der Waals surface area contributed by atoms with Crippen LogP contribution in [0.15, 0.2) is 18.2 Å². The Balaban J connectivity index is 1.99. The van der Waals surface area contributed by atoms with E-state index in [4.69, 9.17) is 16.3 Å². The molecule has 0 unspecified atom stereocenters. The molecule has 1 amide bonds. The first kappa shape index (κ1) is 17.1. The number of aliphatic hydroxyl groups excluding tert-OH is 1. The second-order valence-corrected chi connectivity index (χ2v) is 7.15. The lowest BCUT2D eigenvalue weighted by molar-refractivity contribution is 0.0236. The van der Waals surface area contributed by atoms with Crippen molar-refractivity contribution in [3.63, 3.8) is 0 Å². The lowest BCUT2D eigenvalue weighted by atomic mass is 10.1. The third kappa shape index (κ3) is 4.89. The van der Waals surface area contributed by atoms with Gasteiger partial charge >= 0.3 is 6.09 Å². The van der Waals surface area contributed by atoms with Crippen LogP contribution in [-0.2, 0) is 17.8 Å². The average Bonchev–Trinajstić information content (AvgIpc) is 3.23. The SMILES string of the molecule is CC(C)(C)OC(=O)N(CCc1ccc(Cl)c(CO)c1)C1CC1. The Morgan fingerprint density at radius 2 is 2.09 bits per heavy atom. The molecule has 0 bridgehead atoms. The molecular weight excluding hydrogens is 302 g/mol. The van der Waals surface area contributed by atoms with Crippen LogP contribution in [0.1, 0.15) is 44.7 Å². The van der Waals surface area contributed by atoms with Crippen LogP contribution in [0.5, 0.6) is 0 Å². The molecule has 2 rings (SSSR count). The molecule has 0 saturated heterocycles. The molecule has 22 heavy (non-hydrogen) atoms. The normalized spacial score (nSPS) is 14.8. The minimum Gasteiger partial charge on any atom is -0.444 e. The monoisotopic (exact) mass is 325 g/mol. The minimum absolute atomic E-state index is 0.0783. The second-order valence-electron chi connectivity index (χ2n) is 6.74. The third-order valence-corrected chi connectivity index (χ3v) is 3.91. The van der Waals surface area contributed by atoms with Crippen molar-refractivity contribution in [2.75, 3.05) is 6.54 Å². The van der Waals surface area contributed by atoms with E-state index in [0.717, 1.165) is 30.4 Å². The number of benzene rings is 1. The van der Waals surface area contributed by atoms with Crippen molar-refractivity contribution in [2.45, 2.75) is 58.3 Å². The minimum atomic E-state index is -0.478. The maximum atomic E-state index is 12.3. The fourth-order valence-electron chi connectivity index (χ4n) is 2.28. The van der Waals surface area contributed by atoms with E-state index in [1.807, 2.05) is 37.8 Å². The number of carbonyl (C=O) groups is 1. The fraction of sp³-hybridized carbons (Fsp3) is 0.588. The highest BCUT2D eigenvalue weighted by molar-refractivity contribution is 6.31. The van der Waals surface area contributed by atoms with Gasteiger partial charge in [0.25, 0.3) is 0 Å². The average molecular weight is 326 g/mol. The largest absolute Gasteiger partial charge is 0.444 e. The number of rotatable bonds is 5. The van der Waals surface area contributed by atoms with Gasteiger partial charge in [0.05, 0.1) is 6.61 Å². The second kappa shape index (κ2) is 6.88. The van der Waals surface area contributed by atoms with Crippen molar-refractivity contribution in [1.82, 2.24) is 4.90 Å².